The van der Waals surface area contributed by atoms with E-state index in [1.807, 2.05) is 30.3 Å². The van der Waals surface area contributed by atoms with Crippen LogP contribution in [0.25, 0.3) is 0 Å². The van der Waals surface area contributed by atoms with Crippen LogP contribution < -0.4 is 0 Å². The number of likely N-dealkylation sites (tertiary alicyclic amines) is 1. The Hall–Kier alpha value is -2.83. The maximum absolute atomic E-state index is 12.1. The molecule has 23 heavy (non-hydrogen) atoms. The molecule has 0 radical (unpaired) electrons. The fourth-order valence-corrected chi connectivity index (χ4v) is 2.76. The van der Waals surface area contributed by atoms with E-state index in [2.05, 4.69) is 5.16 Å². The molecule has 120 valence electrons. The molecule has 0 spiro atoms. The molecule has 1 amide bonds. The zero-order valence-corrected chi connectivity index (χ0v) is 12.3. The van der Waals surface area contributed by atoms with Gasteiger partial charge in [-0.05, 0) is 5.56 Å². The van der Waals surface area contributed by atoms with Gasteiger partial charge in [0.1, 0.15) is 12.9 Å². The lowest BCUT2D eigenvalue weighted by Crippen LogP contribution is -2.62. The third kappa shape index (κ3) is 3.18. The van der Waals surface area contributed by atoms with Crippen LogP contribution in [0.15, 0.2) is 47.2 Å². The molecule has 2 heterocycles. The van der Waals surface area contributed by atoms with Crippen LogP contribution in [-0.4, -0.2) is 40.3 Å². The number of aromatic nitrogens is 1. The van der Waals surface area contributed by atoms with E-state index in [1.54, 1.807) is 6.07 Å². The predicted molar refractivity (Wildman–Crippen MR) is 78.6 cm³/mol. The molecule has 0 unspecified atom stereocenters. The number of hydrogen-bond acceptors (Lipinski definition) is 5. The lowest BCUT2D eigenvalue weighted by Gasteiger charge is -2.47. The number of carboxylic acid groups (broad SMARTS) is 1. The average molecular weight is 316 g/mol. The monoisotopic (exact) mass is 316 g/mol. The van der Waals surface area contributed by atoms with Crippen molar-refractivity contribution in [1.29, 1.82) is 0 Å². The molecular formula is C16H16N2O5. The van der Waals surface area contributed by atoms with Crippen molar-refractivity contribution in [3.8, 4) is 0 Å². The number of nitrogens with zero attached hydrogens (tertiary/aromatic N) is 2. The summed E-state index contributed by atoms with van der Waals surface area (Å²) < 4.78 is 10.0. The Morgan fingerprint density at radius 1 is 1.26 bits per heavy atom. The molecule has 0 bridgehead atoms. The summed E-state index contributed by atoms with van der Waals surface area (Å²) >= 11 is 0. The van der Waals surface area contributed by atoms with Gasteiger partial charge in [-0.3, -0.25) is 4.79 Å². The van der Waals surface area contributed by atoms with Crippen LogP contribution in [0, 0.1) is 0 Å². The van der Waals surface area contributed by atoms with Gasteiger partial charge in [-0.2, -0.15) is 0 Å². The highest BCUT2D eigenvalue weighted by molar-refractivity contribution is 5.73. The molecular weight excluding hydrogens is 300 g/mol. The zero-order chi connectivity index (χ0) is 16.3. The van der Waals surface area contributed by atoms with Crippen LogP contribution in [0.2, 0.25) is 0 Å². The fraction of sp³-hybridized carbons (Fsp3) is 0.312. The van der Waals surface area contributed by atoms with Crippen LogP contribution in [0.4, 0.5) is 4.79 Å². The van der Waals surface area contributed by atoms with E-state index in [1.165, 1.54) is 11.2 Å². The van der Waals surface area contributed by atoms with Crippen molar-refractivity contribution in [2.75, 3.05) is 13.1 Å². The van der Waals surface area contributed by atoms with Crippen molar-refractivity contribution in [2.45, 2.75) is 18.4 Å². The first kappa shape index (κ1) is 15.1. The number of benzene rings is 1. The number of carbonyl (C=O) groups is 2. The minimum absolute atomic E-state index is 0.109. The fourth-order valence-electron chi connectivity index (χ4n) is 2.76. The largest absolute Gasteiger partial charge is 0.481 e. The van der Waals surface area contributed by atoms with Gasteiger partial charge in [-0.25, -0.2) is 4.79 Å². The third-order valence-electron chi connectivity index (χ3n) is 3.92. The minimum atomic E-state index is -0.940. The summed E-state index contributed by atoms with van der Waals surface area (Å²) in [6.45, 7) is 0.685. The Balaban J connectivity index is 1.59. The number of ether oxygens (including phenoxy) is 1. The Labute approximate surface area is 132 Å². The van der Waals surface area contributed by atoms with Crippen molar-refractivity contribution in [3.05, 3.63) is 53.9 Å². The molecule has 0 saturated carbocycles. The first-order valence-electron chi connectivity index (χ1n) is 7.17. The average Bonchev–Trinajstić information content (AvgIpc) is 3.03. The van der Waals surface area contributed by atoms with Gasteiger partial charge in [0.2, 0.25) is 0 Å². The summed E-state index contributed by atoms with van der Waals surface area (Å²) in [5.41, 5.74) is 0.742. The Morgan fingerprint density at radius 3 is 2.61 bits per heavy atom. The number of amides is 1. The lowest BCUT2D eigenvalue weighted by molar-refractivity contribution is -0.140. The van der Waals surface area contributed by atoms with Crippen molar-refractivity contribution in [2.24, 2.45) is 0 Å². The van der Waals surface area contributed by atoms with Gasteiger partial charge < -0.3 is 19.3 Å². The molecule has 7 heteroatoms. The molecule has 1 aliphatic heterocycles. The molecule has 1 aromatic heterocycles. The maximum Gasteiger partial charge on any atom is 0.410 e. The minimum Gasteiger partial charge on any atom is -0.481 e. The topological polar surface area (TPSA) is 92.9 Å². The second-order valence-electron chi connectivity index (χ2n) is 5.63. The predicted octanol–water partition coefficient (Wildman–Crippen LogP) is 2.04. The van der Waals surface area contributed by atoms with Crippen molar-refractivity contribution in [3.63, 3.8) is 0 Å². The Kier molecular flexibility index (Phi) is 4.01. The SMILES string of the molecule is O=C(O)CC1(c2ccon2)CN(C(=O)OCc2ccccc2)C1. The van der Waals surface area contributed by atoms with E-state index in [0.717, 1.165) is 5.56 Å². The van der Waals surface area contributed by atoms with E-state index < -0.39 is 17.5 Å². The van der Waals surface area contributed by atoms with Gasteiger partial charge in [-0.15, -0.1) is 0 Å². The van der Waals surface area contributed by atoms with Crippen molar-refractivity contribution in [1.82, 2.24) is 10.1 Å². The van der Waals surface area contributed by atoms with E-state index in [-0.39, 0.29) is 26.1 Å². The summed E-state index contributed by atoms with van der Waals surface area (Å²) in [6, 6.07) is 11.0. The zero-order valence-electron chi connectivity index (χ0n) is 12.3. The van der Waals surface area contributed by atoms with E-state index in [4.69, 9.17) is 14.4 Å². The van der Waals surface area contributed by atoms with Crippen LogP contribution in [-0.2, 0) is 21.6 Å². The lowest BCUT2D eigenvalue weighted by atomic mass is 9.74. The third-order valence-corrected chi connectivity index (χ3v) is 3.92. The summed E-state index contributed by atoms with van der Waals surface area (Å²) in [5, 5.41) is 12.9. The summed E-state index contributed by atoms with van der Waals surface area (Å²) in [7, 11) is 0. The second-order valence-corrected chi connectivity index (χ2v) is 5.63. The molecule has 1 aliphatic rings. The van der Waals surface area contributed by atoms with Gasteiger partial charge in [0.15, 0.2) is 0 Å². The number of carboxylic acids is 1. The molecule has 1 N–H and O–H groups in total. The second kappa shape index (κ2) is 6.12. The van der Waals surface area contributed by atoms with Crippen molar-refractivity contribution < 1.29 is 24.0 Å². The van der Waals surface area contributed by atoms with Crippen LogP contribution >= 0.6 is 0 Å². The van der Waals surface area contributed by atoms with Crippen LogP contribution in [0.5, 0.6) is 0 Å². The van der Waals surface area contributed by atoms with Gasteiger partial charge in [0.25, 0.3) is 0 Å². The first-order chi connectivity index (χ1) is 11.1. The first-order valence-corrected chi connectivity index (χ1v) is 7.17. The molecule has 0 atom stereocenters. The molecule has 1 fully saturated rings. The highest BCUT2D eigenvalue weighted by Gasteiger charge is 2.50. The standard InChI is InChI=1S/C16H16N2O5/c19-14(20)8-16(13-6-7-23-17-13)10-18(11-16)15(21)22-9-12-4-2-1-3-5-12/h1-7H,8-11H2,(H,19,20). The molecule has 0 aliphatic carbocycles. The molecule has 7 nitrogen and oxygen atoms in total. The Morgan fingerprint density at radius 2 is 2.00 bits per heavy atom. The summed E-state index contributed by atoms with van der Waals surface area (Å²) in [5.74, 6) is -0.940. The number of hydrogen-bond donors (Lipinski definition) is 1. The molecule has 1 aromatic carbocycles. The van der Waals surface area contributed by atoms with Gasteiger partial charge in [0.05, 0.1) is 17.5 Å². The summed E-state index contributed by atoms with van der Waals surface area (Å²) in [4.78, 5) is 24.6. The van der Waals surface area contributed by atoms with Gasteiger partial charge in [-0.1, -0.05) is 35.5 Å². The smallest absolute Gasteiger partial charge is 0.410 e. The van der Waals surface area contributed by atoms with Gasteiger partial charge in [0, 0.05) is 19.2 Å². The highest BCUT2D eigenvalue weighted by Crippen LogP contribution is 2.37. The normalized spacial score (nSPS) is 15.7. The summed E-state index contributed by atoms with van der Waals surface area (Å²) in [6.07, 6.45) is 0.829. The van der Waals surface area contributed by atoms with Crippen LogP contribution in [0.3, 0.4) is 0 Å². The molecule has 1 saturated heterocycles. The van der Waals surface area contributed by atoms with Gasteiger partial charge >= 0.3 is 12.1 Å². The van der Waals surface area contributed by atoms with E-state index in [9.17, 15) is 9.59 Å². The highest BCUT2D eigenvalue weighted by atomic mass is 16.6. The van der Waals surface area contributed by atoms with Crippen molar-refractivity contribution >= 4 is 12.1 Å². The van der Waals surface area contributed by atoms with Crippen LogP contribution in [0.1, 0.15) is 17.7 Å². The number of rotatable bonds is 5. The van der Waals surface area contributed by atoms with E-state index >= 15 is 0 Å². The molecule has 3 rings (SSSR count). The maximum atomic E-state index is 12.1. The quantitative estimate of drug-likeness (QED) is 0.907. The molecule has 2 aromatic rings. The van der Waals surface area contributed by atoms with E-state index in [0.29, 0.717) is 5.69 Å². The number of aliphatic carboxylic acids is 1. The number of carbonyl (C=O) groups excluding carboxylic acids is 1. The Bertz CT molecular complexity index is 678.